The van der Waals surface area contributed by atoms with Crippen molar-refractivity contribution in [2.45, 2.75) is 180 Å². The van der Waals surface area contributed by atoms with Crippen LogP contribution in [0.2, 0.25) is 28.2 Å². The van der Waals surface area contributed by atoms with Crippen LogP contribution in [0.15, 0.2) is 121 Å². The Morgan fingerprint density at radius 2 is 0.785 bits per heavy atom. The Morgan fingerprint density at radius 1 is 0.443 bits per heavy atom. The third kappa shape index (κ3) is 14.0. The zero-order valence-corrected chi connectivity index (χ0v) is 51.8. The SMILES string of the molecule is CC(=O)O[C@@H]1[C@@H](OC(C)=O)[C@@H](O[C@]2(CO[Si](C)(C)C(C)(C)C)O[C@H](CO[Si](c3ccccc3)(c3ccccc3)C(C)(C)C)[C@@H](OC(C)=O)[C@@H]2OC(C)=O)O[C@H](CO[Si](c2ccccc2)(c2ccccc2)C(C)(C)C)[C@H]1OC(C)=O. The number of carbonyl (C=O) groups is 5. The Bertz CT molecular complexity index is 2610. The Labute approximate surface area is 469 Å². The second kappa shape index (κ2) is 25.2. The highest BCUT2D eigenvalue weighted by Crippen LogP contribution is 2.46. The molecule has 0 aromatic heterocycles. The average Bonchev–Trinajstić information content (AvgIpc) is 3.93. The molecule has 0 saturated carbocycles. The number of hydrogen-bond acceptors (Lipinski definition) is 16. The summed E-state index contributed by atoms with van der Waals surface area (Å²) in [5, 5.41) is 2.34. The molecule has 0 bridgehead atoms. The molecule has 4 aromatic rings. The summed E-state index contributed by atoms with van der Waals surface area (Å²) in [6.07, 6.45) is -12.1. The fourth-order valence-electron chi connectivity index (χ4n) is 10.6. The van der Waals surface area contributed by atoms with E-state index in [0.717, 1.165) is 27.7 Å². The van der Waals surface area contributed by atoms with E-state index >= 15 is 0 Å². The molecular weight excluding hydrogens is 1060 g/mol. The molecule has 2 fully saturated rings. The molecule has 2 saturated heterocycles. The highest BCUT2D eigenvalue weighted by molar-refractivity contribution is 7.00. The van der Waals surface area contributed by atoms with Crippen LogP contribution in [0.1, 0.15) is 96.9 Å². The summed E-state index contributed by atoms with van der Waals surface area (Å²) >= 11 is 0. The van der Waals surface area contributed by atoms with Gasteiger partial charge >= 0.3 is 29.8 Å². The predicted molar refractivity (Wildman–Crippen MR) is 305 cm³/mol. The normalized spacial score (nSPS) is 24.0. The van der Waals surface area contributed by atoms with E-state index in [1.54, 1.807) is 0 Å². The first-order chi connectivity index (χ1) is 36.9. The van der Waals surface area contributed by atoms with Gasteiger partial charge in [0.05, 0.1) is 19.8 Å². The smallest absolute Gasteiger partial charge is 0.303 e. The van der Waals surface area contributed by atoms with Crippen molar-refractivity contribution in [2.75, 3.05) is 19.8 Å². The van der Waals surface area contributed by atoms with Crippen LogP contribution >= 0.6 is 0 Å². The number of ether oxygens (including phenoxy) is 8. The van der Waals surface area contributed by atoms with Gasteiger partial charge in [0.2, 0.25) is 12.1 Å². The quantitative estimate of drug-likeness (QED) is 0.0477. The van der Waals surface area contributed by atoms with Gasteiger partial charge in [0.25, 0.3) is 16.6 Å². The van der Waals surface area contributed by atoms with Crippen molar-refractivity contribution in [1.82, 2.24) is 0 Å². The van der Waals surface area contributed by atoms with Gasteiger partial charge < -0.3 is 51.2 Å². The van der Waals surface area contributed by atoms with Crippen molar-refractivity contribution in [1.29, 1.82) is 0 Å². The monoisotopic (exact) mass is 1140 g/mol. The van der Waals surface area contributed by atoms with Gasteiger partial charge in [-0.25, -0.2) is 0 Å². The molecule has 2 aliphatic heterocycles. The van der Waals surface area contributed by atoms with Crippen molar-refractivity contribution in [2.24, 2.45) is 0 Å². The molecule has 9 atom stereocenters. The van der Waals surface area contributed by atoms with E-state index in [9.17, 15) is 24.0 Å². The molecule has 2 heterocycles. The molecule has 0 spiro atoms. The number of carbonyl (C=O) groups excluding carboxylic acids is 5. The van der Waals surface area contributed by atoms with E-state index in [4.69, 9.17) is 51.2 Å². The van der Waals surface area contributed by atoms with E-state index in [1.165, 1.54) is 27.7 Å². The van der Waals surface area contributed by atoms with Crippen LogP contribution in [-0.4, -0.2) is 129 Å². The van der Waals surface area contributed by atoms with Crippen LogP contribution < -0.4 is 20.7 Å². The van der Waals surface area contributed by atoms with Crippen LogP contribution in [0.4, 0.5) is 0 Å². The largest absolute Gasteiger partial charge is 0.456 e. The molecule has 0 radical (unpaired) electrons. The van der Waals surface area contributed by atoms with Gasteiger partial charge in [0, 0.05) is 34.6 Å². The topological polar surface area (TPSA) is 187 Å². The molecule has 6 rings (SSSR count). The van der Waals surface area contributed by atoms with Gasteiger partial charge in [-0.2, -0.15) is 0 Å². The summed E-state index contributed by atoms with van der Waals surface area (Å²) in [5.41, 5.74) is 0. The van der Waals surface area contributed by atoms with Crippen molar-refractivity contribution in [3.63, 3.8) is 0 Å². The van der Waals surface area contributed by atoms with Crippen LogP contribution in [0.5, 0.6) is 0 Å². The van der Waals surface area contributed by atoms with E-state index in [-0.39, 0.29) is 13.2 Å². The zero-order chi connectivity index (χ0) is 58.4. The van der Waals surface area contributed by atoms with Crippen LogP contribution in [0.3, 0.4) is 0 Å². The molecule has 4 aromatic carbocycles. The predicted octanol–water partition coefficient (Wildman–Crippen LogP) is 7.66. The molecule has 0 aliphatic carbocycles. The molecule has 79 heavy (non-hydrogen) atoms. The van der Waals surface area contributed by atoms with Gasteiger partial charge in [-0.15, -0.1) is 0 Å². The maximum Gasteiger partial charge on any atom is 0.303 e. The molecule has 19 heteroatoms. The summed E-state index contributed by atoms with van der Waals surface area (Å²) in [6.45, 7) is 27.8. The number of hydrogen-bond donors (Lipinski definition) is 0. The second-order valence-corrected chi connectivity index (χ2v) is 37.4. The minimum absolute atomic E-state index is 0.230. The van der Waals surface area contributed by atoms with Gasteiger partial charge in [0.1, 0.15) is 12.2 Å². The number of benzene rings is 4. The third-order valence-electron chi connectivity index (χ3n) is 15.1. The minimum atomic E-state index is -3.39. The average molecular weight is 1140 g/mol. The van der Waals surface area contributed by atoms with Crippen molar-refractivity contribution < 1.29 is 75.1 Å². The van der Waals surface area contributed by atoms with Gasteiger partial charge in [0.15, 0.2) is 38.8 Å². The minimum Gasteiger partial charge on any atom is -0.456 e. The fraction of sp³-hybridized carbons (Fsp3) is 0.517. The molecule has 0 unspecified atom stereocenters. The first kappa shape index (κ1) is 62.8. The lowest BCUT2D eigenvalue weighted by atomic mass is 9.97. The lowest BCUT2D eigenvalue weighted by Crippen LogP contribution is -2.69. The van der Waals surface area contributed by atoms with Crippen LogP contribution in [0, 0.1) is 0 Å². The Kier molecular flexibility index (Phi) is 20.0. The summed E-state index contributed by atoms with van der Waals surface area (Å²) in [5.74, 6) is -6.20. The van der Waals surface area contributed by atoms with Crippen molar-refractivity contribution in [3.05, 3.63) is 121 Å². The summed E-state index contributed by atoms with van der Waals surface area (Å²) < 4.78 is 73.9. The Morgan fingerprint density at radius 3 is 1.14 bits per heavy atom. The second-order valence-electron chi connectivity index (χ2n) is 24.0. The lowest BCUT2D eigenvalue weighted by molar-refractivity contribution is -0.382. The van der Waals surface area contributed by atoms with E-state index < -0.39 is 131 Å². The maximum absolute atomic E-state index is 13.6. The first-order valence-electron chi connectivity index (χ1n) is 26.9. The van der Waals surface area contributed by atoms with Crippen LogP contribution in [0.25, 0.3) is 0 Å². The summed E-state index contributed by atoms with van der Waals surface area (Å²) in [6, 6.07) is 39.6. The van der Waals surface area contributed by atoms with Gasteiger partial charge in [-0.3, -0.25) is 24.0 Å². The lowest BCUT2D eigenvalue weighted by Gasteiger charge is -2.49. The third-order valence-corrected chi connectivity index (χ3v) is 29.5. The fourth-order valence-corrected chi connectivity index (χ4v) is 20.7. The zero-order valence-electron chi connectivity index (χ0n) is 48.8. The van der Waals surface area contributed by atoms with Crippen LogP contribution in [-0.2, 0) is 75.1 Å². The molecule has 0 N–H and O–H groups in total. The Balaban J connectivity index is 1.58. The number of esters is 5. The van der Waals surface area contributed by atoms with Gasteiger partial charge in [-0.1, -0.05) is 184 Å². The van der Waals surface area contributed by atoms with E-state index in [1.807, 2.05) is 155 Å². The van der Waals surface area contributed by atoms with Gasteiger partial charge in [-0.05, 0) is 49.0 Å². The molecule has 0 amide bonds. The highest BCUT2D eigenvalue weighted by Gasteiger charge is 2.66. The molecule has 16 nitrogen and oxygen atoms in total. The number of rotatable bonds is 20. The molecule has 2 aliphatic rings. The maximum atomic E-state index is 13.6. The van der Waals surface area contributed by atoms with Crippen molar-refractivity contribution in [3.8, 4) is 0 Å². The standard InChI is InChI=1S/C60H82O16Si3/c1-40(61)69-51-49(37-66-78(58(9,10)11,45-29-21-17-22-30-45)46-31-23-18-24-32-46)74-56(54(72-43(4)64)53(51)71-42(3)63)76-60(39-68-77(15,16)57(6,7)8)55(73-44(5)65)52(70-41(2)62)50(75-60)38-67-79(59(12,13)14,47-33-25-19-26-34-47)48-35-27-20-28-36-48/h17-36,49-56H,37-39H2,1-16H3/t49-,50-,51-,52-,53+,54-,55+,56-,60+/m1/s1. The summed E-state index contributed by atoms with van der Waals surface area (Å²) in [4.78, 5) is 67.1. The van der Waals surface area contributed by atoms with E-state index in [2.05, 4.69) is 41.5 Å². The molecular formula is C60H82O16Si3. The molecule has 430 valence electrons. The highest BCUT2D eigenvalue weighted by atomic mass is 28.4. The van der Waals surface area contributed by atoms with E-state index in [0.29, 0.717) is 0 Å². The summed E-state index contributed by atoms with van der Waals surface area (Å²) in [7, 11) is -9.57. The Hall–Kier alpha value is -5.36. The first-order valence-corrected chi connectivity index (χ1v) is 33.6. The van der Waals surface area contributed by atoms with Crippen molar-refractivity contribution >= 4 is 75.5 Å².